The zero-order valence-electron chi connectivity index (χ0n) is 7.50. The maximum absolute atomic E-state index is 12.2. The number of hydrogen-bond donors (Lipinski definition) is 0. The van der Waals surface area contributed by atoms with Crippen molar-refractivity contribution in [3.05, 3.63) is 0 Å². The third kappa shape index (κ3) is 2.77. The molecule has 1 fully saturated rings. The number of rotatable bonds is 3. The van der Waals surface area contributed by atoms with Crippen molar-refractivity contribution in [2.24, 2.45) is 5.92 Å². The van der Waals surface area contributed by atoms with Crippen molar-refractivity contribution in [3.63, 3.8) is 0 Å². The quantitative estimate of drug-likeness (QED) is 0.709. The van der Waals surface area contributed by atoms with Crippen LogP contribution < -0.4 is 0 Å². The molecule has 0 aromatic heterocycles. The van der Waals surface area contributed by atoms with Crippen LogP contribution in [0.25, 0.3) is 0 Å². The lowest BCUT2D eigenvalue weighted by molar-refractivity contribution is 0.0491. The van der Waals surface area contributed by atoms with E-state index in [0.717, 1.165) is 0 Å². The van der Waals surface area contributed by atoms with E-state index in [1.165, 1.54) is 4.31 Å². The highest BCUT2D eigenvalue weighted by atomic mass is 35.5. The molecule has 0 aromatic carbocycles. The van der Waals surface area contributed by atoms with Gasteiger partial charge in [-0.05, 0) is 12.8 Å². The number of alkyl halides is 3. The van der Waals surface area contributed by atoms with E-state index in [9.17, 15) is 17.2 Å². The summed E-state index contributed by atoms with van der Waals surface area (Å²) >= 11 is 5.25. The van der Waals surface area contributed by atoms with E-state index >= 15 is 0 Å². The van der Waals surface area contributed by atoms with Gasteiger partial charge >= 0.3 is 0 Å². The van der Waals surface area contributed by atoms with Gasteiger partial charge in [-0.3, -0.25) is 0 Å². The van der Waals surface area contributed by atoms with Gasteiger partial charge in [-0.1, -0.05) is 0 Å². The Labute approximate surface area is 87.1 Å². The zero-order valence-corrected chi connectivity index (χ0v) is 9.07. The van der Waals surface area contributed by atoms with Crippen LogP contribution in [0.2, 0.25) is 0 Å². The van der Waals surface area contributed by atoms with Crippen LogP contribution in [0, 0.1) is 5.92 Å². The van der Waals surface area contributed by atoms with Gasteiger partial charge in [-0.15, -0.1) is 11.6 Å². The highest BCUT2D eigenvalue weighted by Gasteiger charge is 2.31. The first-order chi connectivity index (χ1) is 6.47. The third-order valence-electron chi connectivity index (χ3n) is 2.39. The summed E-state index contributed by atoms with van der Waals surface area (Å²) in [5.41, 5.74) is 0. The summed E-state index contributed by atoms with van der Waals surface area (Å²) < 4.78 is 48.1. The lowest BCUT2D eigenvalue weighted by Crippen LogP contribution is -2.40. The van der Waals surface area contributed by atoms with Crippen LogP contribution in [0.15, 0.2) is 0 Å². The predicted octanol–water partition coefficient (Wildman–Crippen LogP) is 1.49. The van der Waals surface area contributed by atoms with Crippen LogP contribution >= 0.6 is 11.6 Å². The van der Waals surface area contributed by atoms with Crippen molar-refractivity contribution in [1.82, 2.24) is 4.31 Å². The highest BCUT2D eigenvalue weighted by Crippen LogP contribution is 2.25. The van der Waals surface area contributed by atoms with Crippen molar-refractivity contribution >= 4 is 21.6 Å². The highest BCUT2D eigenvalue weighted by molar-refractivity contribution is 7.90. The van der Waals surface area contributed by atoms with Crippen LogP contribution in [0.4, 0.5) is 8.78 Å². The number of halogens is 3. The lowest BCUT2D eigenvalue weighted by Gasteiger charge is -2.30. The van der Waals surface area contributed by atoms with Crippen molar-refractivity contribution in [2.45, 2.75) is 19.3 Å². The third-order valence-corrected chi connectivity index (χ3v) is 4.64. The Kier molecular flexibility index (Phi) is 4.09. The monoisotopic (exact) mass is 247 g/mol. The van der Waals surface area contributed by atoms with Gasteiger partial charge in [0.05, 0.1) is 0 Å². The summed E-state index contributed by atoms with van der Waals surface area (Å²) in [5.74, 6) is -0.670. The molecule has 1 saturated heterocycles. The molecule has 1 heterocycles. The normalized spacial score (nSPS) is 21.7. The number of piperidine rings is 1. The fourth-order valence-electron chi connectivity index (χ4n) is 1.47. The number of hydrogen-bond acceptors (Lipinski definition) is 2. The maximum Gasteiger partial charge on any atom is 0.241 e. The lowest BCUT2D eigenvalue weighted by atomic mass is 9.99. The van der Waals surface area contributed by atoms with Crippen LogP contribution in [0.3, 0.4) is 0 Å². The molecule has 7 heteroatoms. The van der Waals surface area contributed by atoms with Gasteiger partial charge in [0, 0.05) is 19.0 Å². The number of sulfonamides is 1. The molecular weight excluding hydrogens is 236 g/mol. The van der Waals surface area contributed by atoms with Crippen molar-refractivity contribution < 1.29 is 17.2 Å². The predicted molar refractivity (Wildman–Crippen MR) is 49.9 cm³/mol. The van der Waals surface area contributed by atoms with E-state index in [0.29, 0.717) is 0 Å². The second-order valence-corrected chi connectivity index (χ2v) is 5.85. The summed E-state index contributed by atoms with van der Waals surface area (Å²) in [4.78, 5) is 0. The number of nitrogens with zero attached hydrogens (tertiary/aromatic N) is 1. The van der Waals surface area contributed by atoms with Gasteiger partial charge in [-0.25, -0.2) is 21.5 Å². The van der Waals surface area contributed by atoms with Gasteiger partial charge in [0.2, 0.25) is 16.4 Å². The largest absolute Gasteiger partial charge is 0.241 e. The van der Waals surface area contributed by atoms with Crippen LogP contribution in [0.1, 0.15) is 12.8 Å². The Hall–Kier alpha value is 0.0600. The molecule has 1 aliphatic rings. The first-order valence-corrected chi connectivity index (χ1v) is 6.43. The Morgan fingerprint density at radius 1 is 1.36 bits per heavy atom. The van der Waals surface area contributed by atoms with Gasteiger partial charge in [0.1, 0.15) is 5.21 Å². The molecule has 84 valence electrons. The van der Waals surface area contributed by atoms with Gasteiger partial charge in [-0.2, -0.15) is 0 Å². The Morgan fingerprint density at radius 2 is 1.86 bits per heavy atom. The van der Waals surface area contributed by atoms with Crippen molar-refractivity contribution in [1.29, 1.82) is 0 Å². The molecule has 0 N–H and O–H groups in total. The van der Waals surface area contributed by atoms with Gasteiger partial charge < -0.3 is 0 Å². The SMILES string of the molecule is O=S(=O)(CCl)N1CCC(C(F)F)CC1. The van der Waals surface area contributed by atoms with E-state index < -0.39 is 27.6 Å². The van der Waals surface area contributed by atoms with Crippen molar-refractivity contribution in [3.8, 4) is 0 Å². The van der Waals surface area contributed by atoms with Crippen LogP contribution in [-0.2, 0) is 10.0 Å². The summed E-state index contributed by atoms with van der Waals surface area (Å²) in [5, 5.41) is -0.480. The molecule has 0 amide bonds. The molecule has 0 saturated carbocycles. The fourth-order valence-corrected chi connectivity index (χ4v) is 2.79. The smallest absolute Gasteiger partial charge is 0.211 e. The second kappa shape index (κ2) is 4.72. The topological polar surface area (TPSA) is 37.4 Å². The molecule has 1 aliphatic heterocycles. The van der Waals surface area contributed by atoms with Crippen LogP contribution in [-0.4, -0.2) is 37.5 Å². The summed E-state index contributed by atoms with van der Waals surface area (Å²) in [6, 6.07) is 0. The summed E-state index contributed by atoms with van der Waals surface area (Å²) in [6.07, 6.45) is -1.92. The van der Waals surface area contributed by atoms with Gasteiger partial charge in [0.25, 0.3) is 0 Å². The Bertz CT molecular complexity index is 275. The fraction of sp³-hybridized carbons (Fsp3) is 1.00. The minimum atomic E-state index is -3.42. The molecule has 14 heavy (non-hydrogen) atoms. The summed E-state index contributed by atoms with van der Waals surface area (Å²) in [6.45, 7) is 0.314. The van der Waals surface area contributed by atoms with E-state index in [2.05, 4.69) is 0 Å². The molecule has 0 bridgehead atoms. The second-order valence-electron chi connectivity index (χ2n) is 3.29. The van der Waals surface area contributed by atoms with Crippen molar-refractivity contribution in [2.75, 3.05) is 18.3 Å². The molecule has 0 aliphatic carbocycles. The first kappa shape index (κ1) is 12.1. The Morgan fingerprint density at radius 3 is 2.21 bits per heavy atom. The molecule has 0 spiro atoms. The minimum absolute atomic E-state index is 0.157. The van der Waals surface area contributed by atoms with E-state index in [1.807, 2.05) is 0 Å². The molecule has 0 radical (unpaired) electrons. The first-order valence-electron chi connectivity index (χ1n) is 4.29. The van der Waals surface area contributed by atoms with Gasteiger partial charge in [0.15, 0.2) is 0 Å². The molecular formula is C7H12ClF2NO2S. The van der Waals surface area contributed by atoms with E-state index in [-0.39, 0.29) is 25.9 Å². The van der Waals surface area contributed by atoms with E-state index in [4.69, 9.17) is 11.6 Å². The maximum atomic E-state index is 12.2. The van der Waals surface area contributed by atoms with E-state index in [1.54, 1.807) is 0 Å². The van der Waals surface area contributed by atoms with Crippen LogP contribution in [0.5, 0.6) is 0 Å². The molecule has 1 rings (SSSR count). The molecule has 0 aromatic rings. The minimum Gasteiger partial charge on any atom is -0.211 e. The average Bonchev–Trinajstić information content (AvgIpc) is 2.18. The standard InChI is InChI=1S/C7H12ClF2NO2S/c8-5-14(12,13)11-3-1-6(2-4-11)7(9)10/h6-7H,1-5H2. The Balaban J connectivity index is 2.52. The zero-order chi connectivity index (χ0) is 10.8. The molecule has 0 unspecified atom stereocenters. The summed E-state index contributed by atoms with van der Waals surface area (Å²) in [7, 11) is -3.42. The average molecular weight is 248 g/mol. The molecule has 0 atom stereocenters. The molecule has 3 nitrogen and oxygen atoms in total.